The highest BCUT2D eigenvalue weighted by molar-refractivity contribution is 7.87. The maximum absolute atomic E-state index is 13.7. The summed E-state index contributed by atoms with van der Waals surface area (Å²) >= 11 is 0. The number of nitrogens with zero attached hydrogens (tertiary/aromatic N) is 2. The Bertz CT molecular complexity index is 917. The Kier molecular flexibility index (Phi) is 6.96. The molecule has 1 aliphatic carbocycles. The Morgan fingerprint density at radius 2 is 1.78 bits per heavy atom. The summed E-state index contributed by atoms with van der Waals surface area (Å²) in [5.41, 5.74) is 1.85. The lowest BCUT2D eigenvalue weighted by molar-refractivity contribution is -0.142. The average molecular weight is 463 g/mol. The number of nitrogens with two attached hydrogens (primary N) is 1. The molecule has 32 heavy (non-hydrogen) atoms. The first kappa shape index (κ1) is 23.7. The topological polar surface area (TPSA) is 95.7 Å². The first-order chi connectivity index (χ1) is 15.2. The van der Waals surface area contributed by atoms with E-state index in [1.54, 1.807) is 0 Å². The number of rotatable bonds is 6. The zero-order valence-corrected chi connectivity index (χ0v) is 20.2. The van der Waals surface area contributed by atoms with Gasteiger partial charge in [-0.3, -0.25) is 4.79 Å². The van der Waals surface area contributed by atoms with E-state index in [0.29, 0.717) is 19.1 Å². The van der Waals surface area contributed by atoms with Gasteiger partial charge in [-0.1, -0.05) is 38.1 Å². The minimum absolute atomic E-state index is 0.133. The van der Waals surface area contributed by atoms with E-state index in [2.05, 4.69) is 35.6 Å². The second kappa shape index (κ2) is 9.41. The lowest BCUT2D eigenvalue weighted by Crippen LogP contribution is -2.58. The summed E-state index contributed by atoms with van der Waals surface area (Å²) in [4.78, 5) is 18.2. The van der Waals surface area contributed by atoms with Crippen molar-refractivity contribution in [2.24, 2.45) is 17.0 Å². The molecule has 2 aliphatic heterocycles. The zero-order chi connectivity index (χ0) is 22.9. The van der Waals surface area contributed by atoms with E-state index in [0.717, 1.165) is 37.8 Å². The van der Waals surface area contributed by atoms with E-state index in [4.69, 9.17) is 5.14 Å². The van der Waals surface area contributed by atoms with Crippen molar-refractivity contribution in [3.8, 4) is 0 Å². The van der Waals surface area contributed by atoms with Crippen LogP contribution in [-0.4, -0.2) is 56.3 Å². The summed E-state index contributed by atoms with van der Waals surface area (Å²) < 4.78 is 24.8. The van der Waals surface area contributed by atoms with Crippen LogP contribution in [0.25, 0.3) is 0 Å². The molecule has 178 valence electrons. The fraction of sp³-hybridized carbons (Fsp3) is 0.708. The number of nitrogens with one attached hydrogen (secondary N) is 1. The third-order valence-corrected chi connectivity index (χ3v) is 8.73. The molecule has 1 aromatic carbocycles. The van der Waals surface area contributed by atoms with Gasteiger partial charge in [-0.25, -0.2) is 9.86 Å². The fourth-order valence-corrected chi connectivity index (χ4v) is 6.59. The minimum atomic E-state index is -3.76. The molecule has 1 saturated heterocycles. The van der Waals surface area contributed by atoms with Crippen LogP contribution in [0, 0.1) is 11.8 Å². The maximum Gasteiger partial charge on any atom is 0.274 e. The monoisotopic (exact) mass is 462 g/mol. The van der Waals surface area contributed by atoms with Gasteiger partial charge < -0.3 is 9.80 Å². The number of piperidine rings is 1. The molecule has 2 heterocycles. The first-order valence-corrected chi connectivity index (χ1v) is 13.6. The molecule has 1 aromatic rings. The van der Waals surface area contributed by atoms with Gasteiger partial charge in [-0.05, 0) is 74.6 Å². The van der Waals surface area contributed by atoms with Crippen molar-refractivity contribution < 1.29 is 13.2 Å². The molecule has 0 radical (unpaired) electrons. The van der Waals surface area contributed by atoms with E-state index in [1.807, 2.05) is 17.0 Å². The third-order valence-electron chi connectivity index (χ3n) is 8.13. The van der Waals surface area contributed by atoms with Gasteiger partial charge >= 0.3 is 0 Å². The van der Waals surface area contributed by atoms with Crippen LogP contribution >= 0.6 is 0 Å². The van der Waals surface area contributed by atoms with Crippen molar-refractivity contribution in [3.63, 3.8) is 0 Å². The summed E-state index contributed by atoms with van der Waals surface area (Å²) in [6, 6.07) is 8.92. The molecule has 7 nitrogen and oxygen atoms in total. The van der Waals surface area contributed by atoms with Gasteiger partial charge in [0.05, 0.1) is 5.41 Å². The molecule has 2 fully saturated rings. The highest BCUT2D eigenvalue weighted by atomic mass is 32.2. The number of benzene rings is 1. The molecule has 1 amide bonds. The summed E-state index contributed by atoms with van der Waals surface area (Å²) in [5.74, 6) is 1.76. The lowest BCUT2D eigenvalue weighted by Gasteiger charge is -2.49. The average Bonchev–Trinajstić information content (AvgIpc) is 2.77. The predicted octanol–water partition coefficient (Wildman–Crippen LogP) is 2.37. The van der Waals surface area contributed by atoms with Crippen molar-refractivity contribution in [1.82, 2.24) is 14.5 Å². The van der Waals surface area contributed by atoms with Crippen LogP contribution in [0.15, 0.2) is 24.3 Å². The maximum atomic E-state index is 13.7. The number of hydrogen-bond acceptors (Lipinski definition) is 4. The van der Waals surface area contributed by atoms with E-state index < -0.39 is 15.6 Å². The second-order valence-corrected chi connectivity index (χ2v) is 11.6. The summed E-state index contributed by atoms with van der Waals surface area (Å²) in [7, 11) is -3.76. The van der Waals surface area contributed by atoms with E-state index in [1.165, 1.54) is 36.8 Å². The zero-order valence-electron chi connectivity index (χ0n) is 19.4. The number of carbonyl (C=O) groups excluding carboxylic acids is 1. The fourth-order valence-electron chi connectivity index (χ4n) is 6.21. The molecule has 1 spiro atoms. The Morgan fingerprint density at radius 3 is 2.41 bits per heavy atom. The molecule has 0 aromatic heterocycles. The van der Waals surface area contributed by atoms with E-state index in [9.17, 15) is 13.2 Å². The van der Waals surface area contributed by atoms with Gasteiger partial charge in [0.2, 0.25) is 5.91 Å². The first-order valence-electron chi connectivity index (χ1n) is 12.1. The van der Waals surface area contributed by atoms with Gasteiger partial charge in [-0.15, -0.1) is 0 Å². The summed E-state index contributed by atoms with van der Waals surface area (Å²) in [6.45, 7) is 7.55. The van der Waals surface area contributed by atoms with Crippen LogP contribution < -0.4 is 9.86 Å². The number of fused-ring (bicyclic) bond motifs is 2. The third kappa shape index (κ3) is 4.88. The molecule has 3 aliphatic rings. The second-order valence-electron chi connectivity index (χ2n) is 10.3. The molecule has 0 unspecified atom stereocenters. The molecule has 4 rings (SSSR count). The van der Waals surface area contributed by atoms with Gasteiger partial charge in [-0.2, -0.15) is 8.42 Å². The Hall–Kier alpha value is -1.48. The molecule has 1 saturated carbocycles. The smallest absolute Gasteiger partial charge is 0.274 e. The Morgan fingerprint density at radius 1 is 1.12 bits per heavy atom. The molecule has 0 bridgehead atoms. The quantitative estimate of drug-likeness (QED) is 0.678. The Balaban J connectivity index is 1.46. The number of carbonyl (C=O) groups is 1. The van der Waals surface area contributed by atoms with Crippen LogP contribution in [0.4, 0.5) is 0 Å². The molecule has 0 atom stereocenters. The number of amides is 1. The van der Waals surface area contributed by atoms with Crippen molar-refractivity contribution in [2.75, 3.05) is 26.2 Å². The van der Waals surface area contributed by atoms with Crippen LogP contribution in [0.2, 0.25) is 0 Å². The summed E-state index contributed by atoms with van der Waals surface area (Å²) in [6.07, 6.45) is 6.82. The van der Waals surface area contributed by atoms with E-state index >= 15 is 0 Å². The van der Waals surface area contributed by atoms with Crippen LogP contribution in [0.3, 0.4) is 0 Å². The Labute approximate surface area is 192 Å². The highest BCUT2D eigenvalue weighted by Crippen LogP contribution is 2.44. The van der Waals surface area contributed by atoms with Crippen molar-refractivity contribution in [1.29, 1.82) is 0 Å². The highest BCUT2D eigenvalue weighted by Gasteiger charge is 2.49. The standard InChI is InChI=1S/C24H38N4O3S/c1-18(2)19-7-9-21(10-8-19)27-14-11-24(12-15-27)22-6-4-3-5-20(22)17-28(23(24)29)16-13-26-32(25,30)31/h3-6,18-19,21,26H,7-17H2,1-2H3,(H2,25,30,31)/t19-,21+. The predicted molar refractivity (Wildman–Crippen MR) is 126 cm³/mol. The van der Waals surface area contributed by atoms with Crippen LogP contribution in [0.5, 0.6) is 0 Å². The largest absolute Gasteiger partial charge is 0.336 e. The van der Waals surface area contributed by atoms with Gasteiger partial charge in [0, 0.05) is 25.7 Å². The SMILES string of the molecule is CC(C)[C@H]1CC[C@@H](N2CCC3(CC2)C(=O)N(CCNS(N)(=O)=O)Cc2ccccc23)CC1. The van der Waals surface area contributed by atoms with Gasteiger partial charge in [0.1, 0.15) is 0 Å². The lowest BCUT2D eigenvalue weighted by atomic mass is 9.67. The van der Waals surface area contributed by atoms with Crippen molar-refractivity contribution in [3.05, 3.63) is 35.4 Å². The molecular weight excluding hydrogens is 424 g/mol. The molecule has 3 N–H and O–H groups in total. The van der Waals surface area contributed by atoms with Crippen LogP contribution in [0.1, 0.15) is 63.5 Å². The van der Waals surface area contributed by atoms with Gasteiger partial charge in [0.25, 0.3) is 10.2 Å². The van der Waals surface area contributed by atoms with E-state index in [-0.39, 0.29) is 12.5 Å². The van der Waals surface area contributed by atoms with Crippen molar-refractivity contribution in [2.45, 2.75) is 70.4 Å². The summed E-state index contributed by atoms with van der Waals surface area (Å²) in [5, 5.41) is 5.06. The molecular formula is C24H38N4O3S. The minimum Gasteiger partial charge on any atom is -0.336 e. The molecule has 8 heteroatoms. The normalized spacial score (nSPS) is 26.5. The number of hydrogen-bond donors (Lipinski definition) is 2. The number of likely N-dealkylation sites (tertiary alicyclic amines) is 1. The van der Waals surface area contributed by atoms with Crippen molar-refractivity contribution >= 4 is 16.1 Å². The van der Waals surface area contributed by atoms with Crippen LogP contribution in [-0.2, 0) is 27.0 Å². The van der Waals surface area contributed by atoms with Gasteiger partial charge in [0.15, 0.2) is 0 Å².